The van der Waals surface area contributed by atoms with Gasteiger partial charge in [-0.05, 0) is 31.5 Å². The number of halogens is 2. The van der Waals surface area contributed by atoms with Crippen molar-refractivity contribution >= 4 is 42.3 Å². The van der Waals surface area contributed by atoms with Gasteiger partial charge in [-0.25, -0.2) is 0 Å². The highest BCUT2D eigenvalue weighted by Gasteiger charge is 2.23. The van der Waals surface area contributed by atoms with Crippen molar-refractivity contribution in [2.75, 3.05) is 44.2 Å². The third-order valence-corrected chi connectivity index (χ3v) is 4.77. The Kier molecular flexibility index (Phi) is 9.76. The van der Waals surface area contributed by atoms with Crippen LogP contribution in [0.1, 0.15) is 19.3 Å². The van der Waals surface area contributed by atoms with E-state index in [1.807, 2.05) is 23.1 Å². The normalized spacial score (nSPS) is 19.3. The van der Waals surface area contributed by atoms with Gasteiger partial charge >= 0.3 is 0 Å². The van der Waals surface area contributed by atoms with Crippen molar-refractivity contribution in [3.63, 3.8) is 0 Å². The van der Waals surface area contributed by atoms with Gasteiger partial charge in [0, 0.05) is 44.8 Å². The molecule has 0 saturated carbocycles. The van der Waals surface area contributed by atoms with Crippen molar-refractivity contribution in [3.8, 4) is 0 Å². The van der Waals surface area contributed by atoms with Gasteiger partial charge in [0.25, 0.3) is 0 Å². The van der Waals surface area contributed by atoms with Crippen molar-refractivity contribution in [3.05, 3.63) is 30.3 Å². The molecule has 0 aliphatic carbocycles. The molecule has 0 bridgehead atoms. The zero-order chi connectivity index (χ0) is 16.8. The minimum absolute atomic E-state index is 0. The molecule has 8 heteroatoms. The topological polar surface area (TPSA) is 64.7 Å². The standard InChI is InChI=1S/C18H26N4O2.2ClH/c23-17(8-10-20-18(24)16-7-4-9-19-16)22-13-11-21(12-14-22)15-5-2-1-3-6-15;;/h1-3,5-6,16,19H,4,7-14H2,(H,20,24);2*1H. The van der Waals surface area contributed by atoms with Gasteiger partial charge in [-0.15, -0.1) is 24.8 Å². The first-order chi connectivity index (χ1) is 11.7. The number of hydrogen-bond acceptors (Lipinski definition) is 4. The van der Waals surface area contributed by atoms with Crippen LogP contribution in [0.25, 0.3) is 0 Å². The number of piperazine rings is 1. The Morgan fingerprint density at radius 1 is 1.08 bits per heavy atom. The van der Waals surface area contributed by atoms with Crippen LogP contribution in [0.15, 0.2) is 30.3 Å². The van der Waals surface area contributed by atoms with Crippen LogP contribution in [0.2, 0.25) is 0 Å². The molecule has 0 aromatic heterocycles. The van der Waals surface area contributed by atoms with E-state index in [-0.39, 0.29) is 42.7 Å². The fraction of sp³-hybridized carbons (Fsp3) is 0.556. The minimum atomic E-state index is -0.0745. The summed E-state index contributed by atoms with van der Waals surface area (Å²) in [6.07, 6.45) is 2.31. The number of carbonyl (C=O) groups excluding carboxylic acids is 2. The Hall–Kier alpha value is -1.50. The van der Waals surface area contributed by atoms with E-state index in [0.29, 0.717) is 13.0 Å². The number of amides is 2. The number of para-hydroxylation sites is 1. The Bertz CT molecular complexity index is 560. The second kappa shape index (κ2) is 11.3. The molecule has 2 heterocycles. The van der Waals surface area contributed by atoms with Gasteiger partial charge in [0.05, 0.1) is 6.04 Å². The Morgan fingerprint density at radius 2 is 1.77 bits per heavy atom. The Balaban J connectivity index is 0.00000169. The van der Waals surface area contributed by atoms with E-state index in [9.17, 15) is 9.59 Å². The fourth-order valence-electron chi connectivity index (χ4n) is 3.34. The van der Waals surface area contributed by atoms with Crippen LogP contribution in [0.4, 0.5) is 5.69 Å². The fourth-order valence-corrected chi connectivity index (χ4v) is 3.34. The van der Waals surface area contributed by atoms with Crippen molar-refractivity contribution < 1.29 is 9.59 Å². The maximum absolute atomic E-state index is 12.3. The largest absolute Gasteiger partial charge is 0.368 e. The molecule has 2 amide bonds. The van der Waals surface area contributed by atoms with Gasteiger partial charge in [0.1, 0.15) is 0 Å². The first kappa shape index (κ1) is 22.5. The maximum atomic E-state index is 12.3. The SMILES string of the molecule is Cl.Cl.O=C(NCCC(=O)N1CCN(c2ccccc2)CC1)C1CCCN1. The van der Waals surface area contributed by atoms with Crippen molar-refractivity contribution in [2.45, 2.75) is 25.3 Å². The molecule has 26 heavy (non-hydrogen) atoms. The van der Waals surface area contributed by atoms with Gasteiger partial charge in [-0.1, -0.05) is 18.2 Å². The molecule has 2 aliphatic heterocycles. The molecule has 2 N–H and O–H groups in total. The number of nitrogens with zero attached hydrogens (tertiary/aromatic N) is 2. The van der Waals surface area contributed by atoms with Crippen LogP contribution >= 0.6 is 24.8 Å². The van der Waals surface area contributed by atoms with E-state index in [4.69, 9.17) is 0 Å². The highest BCUT2D eigenvalue weighted by atomic mass is 35.5. The summed E-state index contributed by atoms with van der Waals surface area (Å²) in [4.78, 5) is 28.4. The lowest BCUT2D eigenvalue weighted by Crippen LogP contribution is -2.49. The van der Waals surface area contributed by atoms with Crippen LogP contribution in [0.5, 0.6) is 0 Å². The molecule has 2 aliphatic rings. The van der Waals surface area contributed by atoms with Crippen molar-refractivity contribution in [2.24, 2.45) is 0 Å². The van der Waals surface area contributed by atoms with Gasteiger partial charge in [0.15, 0.2) is 0 Å². The lowest BCUT2D eigenvalue weighted by atomic mass is 10.2. The number of hydrogen-bond donors (Lipinski definition) is 2. The average molecular weight is 403 g/mol. The lowest BCUT2D eigenvalue weighted by molar-refractivity contribution is -0.131. The molecule has 0 spiro atoms. The van der Waals surface area contributed by atoms with Crippen molar-refractivity contribution in [1.29, 1.82) is 0 Å². The molecule has 0 radical (unpaired) electrons. The third-order valence-electron chi connectivity index (χ3n) is 4.77. The van der Waals surface area contributed by atoms with Gasteiger partial charge in [-0.3, -0.25) is 9.59 Å². The van der Waals surface area contributed by atoms with Gasteiger partial charge < -0.3 is 20.4 Å². The average Bonchev–Trinajstić information content (AvgIpc) is 3.17. The highest BCUT2D eigenvalue weighted by molar-refractivity contribution is 5.85. The summed E-state index contributed by atoms with van der Waals surface area (Å²) in [5.41, 5.74) is 1.21. The Labute approximate surface area is 167 Å². The van der Waals surface area contributed by atoms with Crippen LogP contribution < -0.4 is 15.5 Å². The van der Waals surface area contributed by atoms with E-state index in [1.165, 1.54) is 5.69 Å². The number of benzene rings is 1. The summed E-state index contributed by atoms with van der Waals surface area (Å²) in [7, 11) is 0. The molecule has 2 fully saturated rings. The second-order valence-corrected chi connectivity index (χ2v) is 6.39. The van der Waals surface area contributed by atoms with Crippen molar-refractivity contribution in [1.82, 2.24) is 15.5 Å². The molecule has 1 unspecified atom stereocenters. The maximum Gasteiger partial charge on any atom is 0.237 e. The molecular formula is C18H28Cl2N4O2. The lowest BCUT2D eigenvalue weighted by Gasteiger charge is -2.36. The smallest absolute Gasteiger partial charge is 0.237 e. The second-order valence-electron chi connectivity index (χ2n) is 6.39. The molecule has 146 valence electrons. The van der Waals surface area contributed by atoms with Crippen LogP contribution in [-0.4, -0.2) is 62.0 Å². The molecule has 1 atom stereocenters. The summed E-state index contributed by atoms with van der Waals surface area (Å²) in [5, 5.41) is 6.04. The van der Waals surface area contributed by atoms with E-state index in [1.54, 1.807) is 0 Å². The van der Waals surface area contributed by atoms with Crippen LogP contribution in [0.3, 0.4) is 0 Å². The first-order valence-electron chi connectivity index (χ1n) is 8.83. The summed E-state index contributed by atoms with van der Waals surface area (Å²) >= 11 is 0. The third kappa shape index (κ3) is 6.04. The summed E-state index contributed by atoms with van der Waals surface area (Å²) in [5.74, 6) is 0.150. The molecule has 2 saturated heterocycles. The molecule has 1 aromatic carbocycles. The van der Waals surface area contributed by atoms with E-state index < -0.39 is 0 Å². The Morgan fingerprint density at radius 3 is 2.38 bits per heavy atom. The number of nitrogens with one attached hydrogen (secondary N) is 2. The zero-order valence-electron chi connectivity index (χ0n) is 14.9. The molecule has 3 rings (SSSR count). The number of carbonyl (C=O) groups is 2. The summed E-state index contributed by atoms with van der Waals surface area (Å²) < 4.78 is 0. The minimum Gasteiger partial charge on any atom is -0.368 e. The quantitative estimate of drug-likeness (QED) is 0.781. The predicted molar refractivity (Wildman–Crippen MR) is 108 cm³/mol. The van der Waals surface area contributed by atoms with Gasteiger partial charge in [0.2, 0.25) is 11.8 Å². The highest BCUT2D eigenvalue weighted by Crippen LogP contribution is 2.15. The molecule has 6 nitrogen and oxygen atoms in total. The number of anilines is 1. The predicted octanol–water partition coefficient (Wildman–Crippen LogP) is 1.44. The van der Waals surface area contributed by atoms with Gasteiger partial charge in [-0.2, -0.15) is 0 Å². The van der Waals surface area contributed by atoms with E-state index in [2.05, 4.69) is 27.7 Å². The van der Waals surface area contributed by atoms with E-state index in [0.717, 1.165) is 45.6 Å². The number of rotatable bonds is 5. The summed E-state index contributed by atoms with van der Waals surface area (Å²) in [6, 6.07) is 10.2. The first-order valence-corrected chi connectivity index (χ1v) is 8.83. The molecule has 1 aromatic rings. The van der Waals surface area contributed by atoms with Crippen LogP contribution in [0, 0.1) is 0 Å². The van der Waals surface area contributed by atoms with Crippen LogP contribution in [-0.2, 0) is 9.59 Å². The zero-order valence-corrected chi connectivity index (χ0v) is 16.5. The summed E-state index contributed by atoms with van der Waals surface area (Å²) in [6.45, 7) is 4.53. The van der Waals surface area contributed by atoms with E-state index >= 15 is 0 Å². The monoisotopic (exact) mass is 402 g/mol. The molecular weight excluding hydrogens is 375 g/mol.